The van der Waals surface area contributed by atoms with Gasteiger partial charge >= 0.3 is 0 Å². The van der Waals surface area contributed by atoms with Crippen molar-refractivity contribution in [1.82, 2.24) is 14.7 Å². The molecule has 0 aliphatic rings. The van der Waals surface area contributed by atoms with E-state index in [9.17, 15) is 13.2 Å². The van der Waals surface area contributed by atoms with E-state index >= 15 is 0 Å². The van der Waals surface area contributed by atoms with Gasteiger partial charge in [0.2, 0.25) is 10.0 Å². The van der Waals surface area contributed by atoms with Gasteiger partial charge in [0, 0.05) is 30.4 Å². The second-order valence-electron chi connectivity index (χ2n) is 6.31. The molecule has 146 valence electrons. The second kappa shape index (κ2) is 8.49. The Kier molecular flexibility index (Phi) is 6.05. The Morgan fingerprint density at radius 2 is 1.79 bits per heavy atom. The minimum Gasteiger partial charge on any atom is -0.339 e. The van der Waals surface area contributed by atoms with Crippen LogP contribution in [0.3, 0.4) is 0 Å². The number of carbonyl (C=O) groups is 1. The quantitative estimate of drug-likeness (QED) is 0.637. The first kappa shape index (κ1) is 20.0. The summed E-state index contributed by atoms with van der Waals surface area (Å²) in [5, 5.41) is 0.642. The summed E-state index contributed by atoms with van der Waals surface area (Å²) < 4.78 is 24.7. The Hall–Kier alpha value is -2.78. The Morgan fingerprint density at radius 3 is 2.43 bits per heavy atom. The Labute approximate surface area is 168 Å². The van der Waals surface area contributed by atoms with E-state index in [2.05, 4.69) is 9.97 Å². The first-order valence-corrected chi connectivity index (χ1v) is 11.2. The second-order valence-corrected chi connectivity index (χ2v) is 9.24. The average molecular weight is 417 g/mol. The lowest BCUT2D eigenvalue weighted by Gasteiger charge is -2.22. The number of aryl methyl sites for hydroxylation is 1. The van der Waals surface area contributed by atoms with Crippen LogP contribution < -0.4 is 9.62 Å². The van der Waals surface area contributed by atoms with Gasteiger partial charge in [0.15, 0.2) is 5.13 Å². The molecule has 28 heavy (non-hydrogen) atoms. The number of rotatable bonds is 7. The highest BCUT2D eigenvalue weighted by molar-refractivity contribution is 7.89. The number of aromatic nitrogens is 2. The monoisotopic (exact) mass is 416 g/mol. The molecule has 3 rings (SSSR count). The fourth-order valence-corrected chi connectivity index (χ4v) is 3.99. The summed E-state index contributed by atoms with van der Waals surface area (Å²) in [6.45, 7) is 2.90. The van der Waals surface area contributed by atoms with E-state index in [0.29, 0.717) is 23.1 Å². The average Bonchev–Trinajstić information content (AvgIpc) is 3.03. The summed E-state index contributed by atoms with van der Waals surface area (Å²) in [5.41, 5.74) is 2.23. The van der Waals surface area contributed by atoms with Crippen LogP contribution in [0.2, 0.25) is 0 Å². The number of amides is 1. The molecule has 0 atom stereocenters. The zero-order chi connectivity index (χ0) is 20.1. The molecule has 7 nitrogen and oxygen atoms in total. The number of thiazole rings is 1. The summed E-state index contributed by atoms with van der Waals surface area (Å²) in [4.78, 5) is 23.5. The van der Waals surface area contributed by atoms with Gasteiger partial charge < -0.3 is 4.90 Å². The minimum atomic E-state index is -3.65. The summed E-state index contributed by atoms with van der Waals surface area (Å²) >= 11 is 1.35. The third kappa shape index (κ3) is 5.37. The molecule has 3 aromatic rings. The van der Waals surface area contributed by atoms with E-state index in [0.717, 1.165) is 17.4 Å². The number of sulfonamides is 1. The SMILES string of the molecule is Cc1sc(N(Cc2ccccc2)Cc2cccnc2)nc1C(=O)NS(C)(=O)=O. The molecule has 0 spiro atoms. The highest BCUT2D eigenvalue weighted by Crippen LogP contribution is 2.28. The lowest BCUT2D eigenvalue weighted by Crippen LogP contribution is -2.30. The third-order valence-electron chi connectivity index (χ3n) is 3.86. The van der Waals surface area contributed by atoms with E-state index in [1.54, 1.807) is 19.3 Å². The molecular formula is C19H20N4O3S2. The third-order valence-corrected chi connectivity index (χ3v) is 5.45. The zero-order valence-corrected chi connectivity index (χ0v) is 17.1. The Morgan fingerprint density at radius 1 is 1.11 bits per heavy atom. The highest BCUT2D eigenvalue weighted by Gasteiger charge is 2.21. The van der Waals surface area contributed by atoms with Crippen molar-refractivity contribution in [3.05, 3.63) is 76.6 Å². The van der Waals surface area contributed by atoms with Gasteiger partial charge in [-0.1, -0.05) is 36.4 Å². The van der Waals surface area contributed by atoms with Crippen molar-refractivity contribution in [1.29, 1.82) is 0 Å². The van der Waals surface area contributed by atoms with Crippen LogP contribution in [0.5, 0.6) is 0 Å². The number of benzene rings is 1. The molecule has 0 radical (unpaired) electrons. The van der Waals surface area contributed by atoms with Gasteiger partial charge in [-0.3, -0.25) is 9.78 Å². The van der Waals surface area contributed by atoms with Crippen molar-refractivity contribution < 1.29 is 13.2 Å². The Balaban J connectivity index is 1.91. The van der Waals surface area contributed by atoms with Crippen molar-refractivity contribution in [3.8, 4) is 0 Å². The van der Waals surface area contributed by atoms with E-state index in [4.69, 9.17) is 0 Å². The molecule has 0 fully saturated rings. The molecular weight excluding hydrogens is 396 g/mol. The van der Waals surface area contributed by atoms with Gasteiger partial charge in [-0.05, 0) is 24.1 Å². The normalized spacial score (nSPS) is 11.2. The number of nitrogens with one attached hydrogen (secondary N) is 1. The fourth-order valence-electron chi connectivity index (χ4n) is 2.65. The van der Waals surface area contributed by atoms with Gasteiger partial charge in [-0.2, -0.15) is 0 Å². The summed E-state index contributed by atoms with van der Waals surface area (Å²) in [6, 6.07) is 13.8. The number of nitrogens with zero attached hydrogens (tertiary/aromatic N) is 3. The van der Waals surface area contributed by atoms with Crippen molar-refractivity contribution >= 4 is 32.4 Å². The maximum atomic E-state index is 12.3. The molecule has 0 aliphatic carbocycles. The largest absolute Gasteiger partial charge is 0.339 e. The molecule has 0 saturated heterocycles. The first-order valence-electron chi connectivity index (χ1n) is 8.49. The summed E-state index contributed by atoms with van der Waals surface area (Å²) in [5.74, 6) is -0.719. The summed E-state index contributed by atoms with van der Waals surface area (Å²) in [7, 11) is -3.65. The molecule has 0 saturated carbocycles. The predicted octanol–water partition coefficient (Wildman–Crippen LogP) is 2.74. The van der Waals surface area contributed by atoms with Gasteiger partial charge in [0.25, 0.3) is 5.91 Å². The van der Waals surface area contributed by atoms with Crippen molar-refractivity contribution in [3.63, 3.8) is 0 Å². The molecule has 2 heterocycles. The van der Waals surface area contributed by atoms with Crippen molar-refractivity contribution in [2.45, 2.75) is 20.0 Å². The molecule has 2 aromatic heterocycles. The molecule has 1 N–H and O–H groups in total. The van der Waals surface area contributed by atoms with E-state index < -0.39 is 15.9 Å². The lowest BCUT2D eigenvalue weighted by molar-refractivity contribution is 0.0977. The van der Waals surface area contributed by atoms with Gasteiger partial charge in [0.05, 0.1) is 6.26 Å². The molecule has 0 unspecified atom stereocenters. The van der Waals surface area contributed by atoms with E-state index in [1.165, 1.54) is 11.3 Å². The standard InChI is InChI=1S/C19H20N4O3S2/c1-14-17(18(24)22-28(2,25)26)21-19(27-14)23(12-15-7-4-3-5-8-15)13-16-9-6-10-20-11-16/h3-11H,12-13H2,1-2H3,(H,22,24). The van der Waals surface area contributed by atoms with Crippen LogP contribution in [0.25, 0.3) is 0 Å². The van der Waals surface area contributed by atoms with E-state index in [1.807, 2.05) is 52.1 Å². The zero-order valence-electron chi connectivity index (χ0n) is 15.5. The van der Waals surface area contributed by atoms with Gasteiger partial charge in [-0.25, -0.2) is 18.1 Å². The minimum absolute atomic E-state index is 0.120. The maximum Gasteiger partial charge on any atom is 0.284 e. The number of pyridine rings is 1. The van der Waals surface area contributed by atoms with Gasteiger partial charge in [-0.15, -0.1) is 11.3 Å². The molecule has 0 aliphatic heterocycles. The number of anilines is 1. The van der Waals surface area contributed by atoms with Crippen LogP contribution in [0, 0.1) is 6.92 Å². The van der Waals surface area contributed by atoms with Crippen LogP contribution in [0.4, 0.5) is 5.13 Å². The van der Waals surface area contributed by atoms with Gasteiger partial charge in [0.1, 0.15) is 5.69 Å². The lowest BCUT2D eigenvalue weighted by atomic mass is 10.2. The molecule has 1 aromatic carbocycles. The smallest absolute Gasteiger partial charge is 0.284 e. The van der Waals surface area contributed by atoms with Crippen LogP contribution in [-0.2, 0) is 23.1 Å². The first-order chi connectivity index (χ1) is 13.3. The van der Waals surface area contributed by atoms with Crippen molar-refractivity contribution in [2.75, 3.05) is 11.2 Å². The highest BCUT2D eigenvalue weighted by atomic mass is 32.2. The van der Waals surface area contributed by atoms with Crippen LogP contribution in [0.1, 0.15) is 26.5 Å². The molecule has 9 heteroatoms. The van der Waals surface area contributed by atoms with Crippen molar-refractivity contribution in [2.24, 2.45) is 0 Å². The molecule has 1 amide bonds. The predicted molar refractivity (Wildman–Crippen MR) is 110 cm³/mol. The van der Waals surface area contributed by atoms with Crippen LogP contribution in [0.15, 0.2) is 54.9 Å². The van der Waals surface area contributed by atoms with Crippen LogP contribution in [-0.4, -0.2) is 30.5 Å². The maximum absolute atomic E-state index is 12.3. The fraction of sp³-hybridized carbons (Fsp3) is 0.211. The topological polar surface area (TPSA) is 92.3 Å². The Bertz CT molecular complexity index is 1010. The van der Waals surface area contributed by atoms with Crippen LogP contribution >= 0.6 is 11.3 Å². The molecule has 0 bridgehead atoms. The number of hydrogen-bond donors (Lipinski definition) is 1. The number of carbonyl (C=O) groups excluding carboxylic acids is 1. The summed E-state index contributed by atoms with van der Waals surface area (Å²) in [6.07, 6.45) is 4.44. The van der Waals surface area contributed by atoms with E-state index in [-0.39, 0.29) is 5.69 Å². The number of hydrogen-bond acceptors (Lipinski definition) is 7.